The second-order valence-electron chi connectivity index (χ2n) is 6.85. The van der Waals surface area contributed by atoms with E-state index in [2.05, 4.69) is 27.6 Å². The molecule has 0 radical (unpaired) electrons. The number of nitrogens with one attached hydrogen (secondary N) is 1. The van der Waals surface area contributed by atoms with E-state index in [1.165, 1.54) is 17.3 Å². The number of hydrogen-bond acceptors (Lipinski definition) is 5. The summed E-state index contributed by atoms with van der Waals surface area (Å²) < 4.78 is 7.27. The number of aromatic nitrogens is 3. The van der Waals surface area contributed by atoms with Gasteiger partial charge in [-0.2, -0.15) is 0 Å². The van der Waals surface area contributed by atoms with Crippen LogP contribution in [0, 0.1) is 0 Å². The molecule has 6 nitrogen and oxygen atoms in total. The number of para-hydroxylation sites is 2. The Hall–Kier alpha value is -2.80. The lowest BCUT2D eigenvalue weighted by Crippen LogP contribution is -2.38. The van der Waals surface area contributed by atoms with Crippen molar-refractivity contribution in [1.82, 2.24) is 20.1 Å². The highest BCUT2D eigenvalue weighted by molar-refractivity contribution is 8.00. The molecule has 1 heterocycles. The van der Waals surface area contributed by atoms with Crippen molar-refractivity contribution < 1.29 is 9.53 Å². The van der Waals surface area contributed by atoms with Crippen molar-refractivity contribution in [3.05, 3.63) is 66.5 Å². The molecular formula is C22H26N4O2S. The summed E-state index contributed by atoms with van der Waals surface area (Å²) in [6, 6.07) is 18.1. The maximum Gasteiger partial charge on any atom is 0.233 e. The maximum atomic E-state index is 12.6. The summed E-state index contributed by atoms with van der Waals surface area (Å²) in [5.41, 5.74) is 2.12. The molecule has 1 aromatic heterocycles. The van der Waals surface area contributed by atoms with E-state index in [-0.39, 0.29) is 17.2 Å². The van der Waals surface area contributed by atoms with Crippen molar-refractivity contribution in [1.29, 1.82) is 0 Å². The standard InChI is InChI=1S/C22H26N4O2S/c1-16(13-14-18-9-5-4-6-10-18)24-21(27)17(2)29-22-25-23-15-26(22)19-11-7-8-12-20(19)28-3/h4-12,15-17H,13-14H2,1-3H3,(H,24,27)/t16-,17+/m0/s1. The van der Waals surface area contributed by atoms with Gasteiger partial charge in [0.2, 0.25) is 5.91 Å². The molecule has 0 saturated heterocycles. The number of hydrogen-bond donors (Lipinski definition) is 1. The first-order valence-electron chi connectivity index (χ1n) is 9.63. The fourth-order valence-electron chi connectivity index (χ4n) is 2.97. The molecular weight excluding hydrogens is 384 g/mol. The normalized spacial score (nSPS) is 12.9. The number of rotatable bonds is 9. The molecule has 0 unspecified atom stereocenters. The van der Waals surface area contributed by atoms with Crippen LogP contribution in [0.15, 0.2) is 66.1 Å². The molecule has 2 atom stereocenters. The van der Waals surface area contributed by atoms with E-state index >= 15 is 0 Å². The Kier molecular flexibility index (Phi) is 7.30. The summed E-state index contributed by atoms with van der Waals surface area (Å²) in [4.78, 5) is 12.6. The Balaban J connectivity index is 1.58. The van der Waals surface area contributed by atoms with E-state index in [0.29, 0.717) is 5.16 Å². The topological polar surface area (TPSA) is 69.0 Å². The Morgan fingerprint density at radius 2 is 1.86 bits per heavy atom. The largest absolute Gasteiger partial charge is 0.495 e. The minimum Gasteiger partial charge on any atom is -0.495 e. The van der Waals surface area contributed by atoms with Crippen molar-refractivity contribution in [3.8, 4) is 11.4 Å². The van der Waals surface area contributed by atoms with Gasteiger partial charge in [-0.25, -0.2) is 0 Å². The van der Waals surface area contributed by atoms with Crippen molar-refractivity contribution in [2.75, 3.05) is 7.11 Å². The van der Waals surface area contributed by atoms with Gasteiger partial charge in [-0.1, -0.05) is 54.2 Å². The van der Waals surface area contributed by atoms with E-state index in [1.54, 1.807) is 13.4 Å². The van der Waals surface area contributed by atoms with Crippen molar-refractivity contribution in [3.63, 3.8) is 0 Å². The van der Waals surface area contributed by atoms with Crippen molar-refractivity contribution >= 4 is 17.7 Å². The van der Waals surface area contributed by atoms with E-state index in [4.69, 9.17) is 4.74 Å². The van der Waals surface area contributed by atoms with Crippen LogP contribution in [-0.2, 0) is 11.2 Å². The van der Waals surface area contributed by atoms with Gasteiger partial charge in [0.05, 0.1) is 18.0 Å². The third kappa shape index (κ3) is 5.60. The lowest BCUT2D eigenvalue weighted by molar-refractivity contribution is -0.120. The highest BCUT2D eigenvalue weighted by Crippen LogP contribution is 2.28. The SMILES string of the molecule is COc1ccccc1-n1cnnc1S[C@H](C)C(=O)N[C@@H](C)CCc1ccccc1. The number of aryl methyl sites for hydroxylation is 1. The molecule has 0 saturated carbocycles. The third-order valence-electron chi connectivity index (χ3n) is 4.61. The predicted octanol–water partition coefficient (Wildman–Crippen LogP) is 3.89. The summed E-state index contributed by atoms with van der Waals surface area (Å²) in [5.74, 6) is 0.714. The molecule has 1 N–H and O–H groups in total. The van der Waals surface area contributed by atoms with E-state index in [1.807, 2.05) is 60.9 Å². The van der Waals surface area contributed by atoms with Crippen LogP contribution in [0.4, 0.5) is 0 Å². The van der Waals surface area contributed by atoms with Crippen LogP contribution in [0.2, 0.25) is 0 Å². The van der Waals surface area contributed by atoms with Gasteiger partial charge in [-0.15, -0.1) is 10.2 Å². The van der Waals surface area contributed by atoms with Crippen molar-refractivity contribution in [2.24, 2.45) is 0 Å². The Morgan fingerprint density at radius 1 is 1.14 bits per heavy atom. The fourth-order valence-corrected chi connectivity index (χ4v) is 3.82. The molecule has 0 aliphatic heterocycles. The van der Waals surface area contributed by atoms with Crippen LogP contribution in [0.1, 0.15) is 25.8 Å². The van der Waals surface area contributed by atoms with E-state index < -0.39 is 0 Å². The van der Waals surface area contributed by atoms with Crippen LogP contribution in [-0.4, -0.2) is 39.1 Å². The van der Waals surface area contributed by atoms with Gasteiger partial charge in [0.25, 0.3) is 0 Å². The van der Waals surface area contributed by atoms with Gasteiger partial charge >= 0.3 is 0 Å². The fraction of sp³-hybridized carbons (Fsp3) is 0.318. The monoisotopic (exact) mass is 410 g/mol. The molecule has 3 aromatic rings. The molecule has 0 aliphatic carbocycles. The molecule has 1 amide bonds. The summed E-state index contributed by atoms with van der Waals surface area (Å²) >= 11 is 1.38. The van der Waals surface area contributed by atoms with Crippen LogP contribution in [0.5, 0.6) is 5.75 Å². The van der Waals surface area contributed by atoms with Crippen LogP contribution < -0.4 is 10.1 Å². The molecule has 7 heteroatoms. The Labute approximate surface area is 175 Å². The molecule has 3 rings (SSSR count). The highest BCUT2D eigenvalue weighted by atomic mass is 32.2. The van der Waals surface area contributed by atoms with Crippen LogP contribution >= 0.6 is 11.8 Å². The lowest BCUT2D eigenvalue weighted by atomic mass is 10.1. The number of carbonyl (C=O) groups is 1. The number of carbonyl (C=O) groups excluding carboxylic acids is 1. The molecule has 0 aliphatic rings. The molecule has 0 fully saturated rings. The van der Waals surface area contributed by atoms with Crippen LogP contribution in [0.3, 0.4) is 0 Å². The highest BCUT2D eigenvalue weighted by Gasteiger charge is 2.20. The molecule has 2 aromatic carbocycles. The average molecular weight is 411 g/mol. The van der Waals surface area contributed by atoms with Gasteiger partial charge in [0, 0.05) is 6.04 Å². The number of nitrogens with zero attached hydrogens (tertiary/aromatic N) is 3. The lowest BCUT2D eigenvalue weighted by Gasteiger charge is -2.17. The van der Waals surface area contributed by atoms with E-state index in [9.17, 15) is 4.79 Å². The maximum absolute atomic E-state index is 12.6. The Bertz CT molecular complexity index is 929. The third-order valence-corrected chi connectivity index (χ3v) is 5.67. The summed E-state index contributed by atoms with van der Waals surface area (Å²) in [6.45, 7) is 3.92. The zero-order valence-electron chi connectivity index (χ0n) is 16.9. The van der Waals surface area contributed by atoms with Gasteiger partial charge in [-0.05, 0) is 44.4 Å². The molecule has 0 spiro atoms. The van der Waals surface area contributed by atoms with Gasteiger partial charge in [0.1, 0.15) is 12.1 Å². The smallest absolute Gasteiger partial charge is 0.233 e. The zero-order valence-corrected chi connectivity index (χ0v) is 17.7. The Morgan fingerprint density at radius 3 is 2.62 bits per heavy atom. The van der Waals surface area contributed by atoms with Crippen LogP contribution in [0.25, 0.3) is 5.69 Å². The van der Waals surface area contributed by atoms with Gasteiger partial charge < -0.3 is 10.1 Å². The first-order valence-corrected chi connectivity index (χ1v) is 10.5. The average Bonchev–Trinajstić information content (AvgIpc) is 3.20. The predicted molar refractivity (Wildman–Crippen MR) is 116 cm³/mol. The summed E-state index contributed by atoms with van der Waals surface area (Å²) in [5, 5.41) is 11.7. The van der Waals surface area contributed by atoms with E-state index in [0.717, 1.165) is 24.3 Å². The van der Waals surface area contributed by atoms with Gasteiger partial charge in [0.15, 0.2) is 5.16 Å². The second-order valence-corrected chi connectivity index (χ2v) is 8.16. The number of amides is 1. The second kappa shape index (κ2) is 10.1. The first kappa shape index (κ1) is 20.9. The van der Waals surface area contributed by atoms with Gasteiger partial charge in [-0.3, -0.25) is 9.36 Å². The number of benzene rings is 2. The number of methoxy groups -OCH3 is 1. The number of thioether (sulfide) groups is 1. The summed E-state index contributed by atoms with van der Waals surface area (Å²) in [6.07, 6.45) is 3.46. The quantitative estimate of drug-likeness (QED) is 0.542. The van der Waals surface area contributed by atoms with Crippen molar-refractivity contribution in [2.45, 2.75) is 43.1 Å². The number of ether oxygens (including phenoxy) is 1. The first-order chi connectivity index (χ1) is 14.1. The molecule has 29 heavy (non-hydrogen) atoms. The molecule has 152 valence electrons. The minimum absolute atomic E-state index is 0.00913. The summed E-state index contributed by atoms with van der Waals surface area (Å²) in [7, 11) is 1.63. The minimum atomic E-state index is -0.299. The zero-order chi connectivity index (χ0) is 20.6. The molecule has 0 bridgehead atoms.